The highest BCUT2D eigenvalue weighted by molar-refractivity contribution is 9.10. The third kappa shape index (κ3) is 3.10. The van der Waals surface area contributed by atoms with Crippen LogP contribution in [0.3, 0.4) is 0 Å². The van der Waals surface area contributed by atoms with E-state index in [-0.39, 0.29) is 5.41 Å². The summed E-state index contributed by atoms with van der Waals surface area (Å²) in [6, 6.07) is 10.3. The van der Waals surface area contributed by atoms with Crippen molar-refractivity contribution in [2.45, 2.75) is 38.7 Å². The van der Waals surface area contributed by atoms with E-state index >= 15 is 0 Å². The first kappa shape index (κ1) is 14.8. The Morgan fingerprint density at radius 1 is 1.21 bits per heavy atom. The largest absolute Gasteiger partial charge is 0.383 e. The average molecular weight is 339 g/mol. The molecule has 0 aliphatic heterocycles. The van der Waals surface area contributed by atoms with E-state index in [0.29, 0.717) is 0 Å². The van der Waals surface area contributed by atoms with Crippen LogP contribution in [0, 0.1) is 0 Å². The zero-order chi connectivity index (χ0) is 14.0. The van der Waals surface area contributed by atoms with Crippen LogP contribution in [0.15, 0.2) is 40.2 Å². The highest BCUT2D eigenvalue weighted by Gasteiger charge is 2.19. The Morgan fingerprint density at radius 2 is 1.84 bits per heavy atom. The van der Waals surface area contributed by atoms with Crippen molar-refractivity contribution in [3.63, 3.8) is 0 Å². The number of thiophene rings is 1. The summed E-state index contributed by atoms with van der Waals surface area (Å²) in [5.41, 5.74) is 2.45. The fraction of sp³-hybridized carbons (Fsp3) is 0.375. The smallest absolute Gasteiger partial charge is 0.114 e. The van der Waals surface area contributed by atoms with Crippen molar-refractivity contribution in [1.29, 1.82) is 0 Å². The molecule has 0 radical (unpaired) electrons. The minimum absolute atomic E-state index is 0.187. The molecule has 1 N–H and O–H groups in total. The Kier molecular flexibility index (Phi) is 4.49. The van der Waals surface area contributed by atoms with Gasteiger partial charge in [-0.15, -0.1) is 11.3 Å². The van der Waals surface area contributed by atoms with Gasteiger partial charge in [0.1, 0.15) is 6.10 Å². The summed E-state index contributed by atoms with van der Waals surface area (Å²) >= 11 is 5.04. The molecule has 0 aliphatic rings. The molecule has 1 atom stereocenters. The van der Waals surface area contributed by atoms with E-state index in [1.54, 1.807) is 11.3 Å². The summed E-state index contributed by atoms with van der Waals surface area (Å²) in [5.74, 6) is 0. The third-order valence-corrected chi connectivity index (χ3v) is 5.71. The van der Waals surface area contributed by atoms with Gasteiger partial charge in [0.2, 0.25) is 0 Å². The molecule has 1 unspecified atom stereocenters. The maximum Gasteiger partial charge on any atom is 0.114 e. The quantitative estimate of drug-likeness (QED) is 0.803. The first-order valence-electron chi connectivity index (χ1n) is 6.47. The molecule has 1 aromatic heterocycles. The van der Waals surface area contributed by atoms with Crippen molar-refractivity contribution >= 4 is 27.3 Å². The monoisotopic (exact) mass is 338 g/mol. The summed E-state index contributed by atoms with van der Waals surface area (Å²) in [7, 11) is 0. The van der Waals surface area contributed by atoms with Crippen LogP contribution >= 0.6 is 27.3 Å². The predicted octanol–water partition coefficient (Wildman–Crippen LogP) is 5.28. The van der Waals surface area contributed by atoms with E-state index in [4.69, 9.17) is 0 Å². The number of benzene rings is 1. The third-order valence-electron chi connectivity index (χ3n) is 3.78. The molecule has 0 aliphatic carbocycles. The van der Waals surface area contributed by atoms with Crippen LogP contribution in [0.2, 0.25) is 0 Å². The van der Waals surface area contributed by atoms with Crippen molar-refractivity contribution in [1.82, 2.24) is 0 Å². The van der Waals surface area contributed by atoms with Gasteiger partial charge in [0.05, 0.1) is 4.88 Å². The molecule has 1 aromatic carbocycles. The molecule has 19 heavy (non-hydrogen) atoms. The van der Waals surface area contributed by atoms with Crippen molar-refractivity contribution < 1.29 is 5.11 Å². The van der Waals surface area contributed by atoms with E-state index in [1.165, 1.54) is 5.56 Å². The first-order chi connectivity index (χ1) is 8.95. The number of hydrogen-bond donors (Lipinski definition) is 1. The molecular formula is C16H19BrOS. The lowest BCUT2D eigenvalue weighted by Crippen LogP contribution is -2.15. The lowest BCUT2D eigenvalue weighted by molar-refractivity contribution is 0.223. The fourth-order valence-electron chi connectivity index (χ4n) is 1.97. The zero-order valence-electron chi connectivity index (χ0n) is 11.5. The SMILES string of the molecule is CCC(C)(C)c1ccc(C(O)c2sccc2Br)cc1. The summed E-state index contributed by atoms with van der Waals surface area (Å²) in [6.07, 6.45) is 0.555. The van der Waals surface area contributed by atoms with Crippen LogP contribution in [0.5, 0.6) is 0 Å². The van der Waals surface area contributed by atoms with Crippen LogP contribution in [0.1, 0.15) is 49.3 Å². The van der Waals surface area contributed by atoms with E-state index in [9.17, 15) is 5.11 Å². The molecule has 2 aromatic rings. The Bertz CT molecular complexity index is 542. The average Bonchev–Trinajstić information content (AvgIpc) is 2.84. The molecule has 0 saturated carbocycles. The Balaban J connectivity index is 2.26. The summed E-state index contributed by atoms with van der Waals surface area (Å²) < 4.78 is 0.975. The van der Waals surface area contributed by atoms with Crippen molar-refractivity contribution in [2.75, 3.05) is 0 Å². The second-order valence-electron chi connectivity index (χ2n) is 5.39. The highest BCUT2D eigenvalue weighted by atomic mass is 79.9. The topological polar surface area (TPSA) is 20.2 Å². The minimum Gasteiger partial charge on any atom is -0.383 e. The normalized spacial score (nSPS) is 13.5. The number of aliphatic hydroxyl groups is 1. The molecule has 0 bridgehead atoms. The molecule has 1 heterocycles. The standard InChI is InChI=1S/C16H19BrOS/c1-4-16(2,3)12-7-5-11(6-8-12)14(18)15-13(17)9-10-19-15/h5-10,14,18H,4H2,1-3H3. The second kappa shape index (κ2) is 5.78. The number of rotatable bonds is 4. The zero-order valence-corrected chi connectivity index (χ0v) is 13.9. The van der Waals surface area contributed by atoms with Crippen molar-refractivity contribution in [3.05, 3.63) is 56.2 Å². The maximum absolute atomic E-state index is 10.4. The Labute approximate surface area is 127 Å². The highest BCUT2D eigenvalue weighted by Crippen LogP contribution is 2.34. The van der Waals surface area contributed by atoms with Gasteiger partial charge in [-0.05, 0) is 50.3 Å². The van der Waals surface area contributed by atoms with E-state index in [1.807, 2.05) is 23.6 Å². The van der Waals surface area contributed by atoms with Gasteiger partial charge in [-0.3, -0.25) is 0 Å². The van der Waals surface area contributed by atoms with Crippen LogP contribution in [0.4, 0.5) is 0 Å². The molecule has 102 valence electrons. The molecule has 0 saturated heterocycles. The molecule has 0 spiro atoms. The summed E-state index contributed by atoms with van der Waals surface area (Å²) in [6.45, 7) is 6.69. The Morgan fingerprint density at radius 3 is 2.32 bits per heavy atom. The van der Waals surface area contributed by atoms with Gasteiger partial charge in [-0.1, -0.05) is 45.0 Å². The van der Waals surface area contributed by atoms with Crippen molar-refractivity contribution in [2.24, 2.45) is 0 Å². The van der Waals surface area contributed by atoms with Gasteiger partial charge >= 0.3 is 0 Å². The number of hydrogen-bond acceptors (Lipinski definition) is 2. The maximum atomic E-state index is 10.4. The summed E-state index contributed by atoms with van der Waals surface area (Å²) in [5, 5.41) is 12.4. The molecule has 1 nitrogen and oxygen atoms in total. The van der Waals surface area contributed by atoms with Crippen LogP contribution < -0.4 is 0 Å². The van der Waals surface area contributed by atoms with E-state index < -0.39 is 6.10 Å². The molecule has 0 amide bonds. The van der Waals surface area contributed by atoms with Crippen molar-refractivity contribution in [3.8, 4) is 0 Å². The lowest BCUT2D eigenvalue weighted by Gasteiger charge is -2.23. The summed E-state index contributed by atoms with van der Waals surface area (Å²) in [4.78, 5) is 0.961. The van der Waals surface area contributed by atoms with Gasteiger partial charge in [-0.2, -0.15) is 0 Å². The molecule has 0 fully saturated rings. The van der Waals surface area contributed by atoms with Gasteiger partial charge in [-0.25, -0.2) is 0 Å². The number of halogens is 1. The minimum atomic E-state index is -0.548. The van der Waals surface area contributed by atoms with Gasteiger partial charge < -0.3 is 5.11 Å². The van der Waals surface area contributed by atoms with E-state index in [2.05, 4.69) is 48.8 Å². The Hall–Kier alpha value is -0.640. The van der Waals surface area contributed by atoms with E-state index in [0.717, 1.165) is 21.3 Å². The lowest BCUT2D eigenvalue weighted by atomic mass is 9.82. The predicted molar refractivity (Wildman–Crippen MR) is 85.8 cm³/mol. The van der Waals surface area contributed by atoms with Gasteiger partial charge in [0.15, 0.2) is 0 Å². The van der Waals surface area contributed by atoms with Crippen LogP contribution in [-0.4, -0.2) is 5.11 Å². The fourth-order valence-corrected chi connectivity index (χ4v) is 3.57. The van der Waals surface area contributed by atoms with Gasteiger partial charge in [0, 0.05) is 4.47 Å². The molecule has 3 heteroatoms. The molecule has 2 rings (SSSR count). The number of aliphatic hydroxyl groups excluding tert-OH is 1. The van der Waals surface area contributed by atoms with Crippen LogP contribution in [-0.2, 0) is 5.41 Å². The first-order valence-corrected chi connectivity index (χ1v) is 8.14. The van der Waals surface area contributed by atoms with Gasteiger partial charge in [0.25, 0.3) is 0 Å². The second-order valence-corrected chi connectivity index (χ2v) is 7.20. The molecular weight excluding hydrogens is 320 g/mol. The van der Waals surface area contributed by atoms with Crippen LogP contribution in [0.25, 0.3) is 0 Å².